The molecule has 0 fully saturated rings. The van der Waals surface area contributed by atoms with E-state index >= 15 is 0 Å². The van der Waals surface area contributed by atoms with Gasteiger partial charge >= 0.3 is 0 Å². The molecule has 1 N–H and O–H groups in total. The number of halogens is 1. The Hall–Kier alpha value is -0.990. The fourth-order valence-electron chi connectivity index (χ4n) is 1.96. The van der Waals surface area contributed by atoms with Crippen LogP contribution in [-0.2, 0) is 0 Å². The molecule has 0 aliphatic carbocycles. The van der Waals surface area contributed by atoms with Crippen molar-refractivity contribution in [1.29, 1.82) is 0 Å². The summed E-state index contributed by atoms with van der Waals surface area (Å²) in [5.41, 5.74) is 1.99. The molecule has 0 aliphatic rings. The van der Waals surface area contributed by atoms with Gasteiger partial charge in [0.05, 0.1) is 11.1 Å². The molecule has 0 amide bonds. The average molecular weight is 238 g/mol. The normalized spacial score (nSPS) is 13.2. The Balaban J connectivity index is 2.59. The fraction of sp³-hybridized carbons (Fsp3) is 0.385. The first-order valence-corrected chi connectivity index (χ1v) is 5.91. The maximum absolute atomic E-state index is 6.12. The third-order valence-corrected chi connectivity index (χ3v) is 3.27. The predicted octanol–water partition coefficient (Wildman–Crippen LogP) is 4.07. The molecule has 0 spiro atoms. The quantitative estimate of drug-likeness (QED) is 0.871. The highest BCUT2D eigenvalue weighted by atomic mass is 35.5. The first-order valence-electron chi connectivity index (χ1n) is 5.53. The average Bonchev–Trinajstić information content (AvgIpc) is 2.71. The van der Waals surface area contributed by atoms with Gasteiger partial charge in [-0.05, 0) is 38.1 Å². The molecule has 0 bridgehead atoms. The van der Waals surface area contributed by atoms with Crippen molar-refractivity contribution in [3.63, 3.8) is 0 Å². The van der Waals surface area contributed by atoms with Crippen LogP contribution in [0.2, 0.25) is 5.02 Å². The lowest BCUT2D eigenvalue weighted by atomic mass is 10.1. The summed E-state index contributed by atoms with van der Waals surface area (Å²) in [5.74, 6) is 0.955. The van der Waals surface area contributed by atoms with E-state index in [1.54, 1.807) is 0 Å². The molecule has 0 radical (unpaired) electrons. The van der Waals surface area contributed by atoms with E-state index in [-0.39, 0.29) is 6.04 Å². The van der Waals surface area contributed by atoms with Gasteiger partial charge in [0.15, 0.2) is 5.58 Å². The second-order valence-corrected chi connectivity index (χ2v) is 4.41. The Morgan fingerprint density at radius 3 is 2.75 bits per heavy atom. The van der Waals surface area contributed by atoms with Crippen molar-refractivity contribution in [2.45, 2.75) is 26.3 Å². The van der Waals surface area contributed by atoms with Crippen LogP contribution in [0.1, 0.15) is 30.7 Å². The number of aryl methyl sites for hydroxylation is 1. The molecule has 1 aromatic carbocycles. The third kappa shape index (κ3) is 1.83. The molecule has 1 heterocycles. The van der Waals surface area contributed by atoms with Crippen molar-refractivity contribution >= 4 is 22.6 Å². The molecular weight excluding hydrogens is 222 g/mol. The summed E-state index contributed by atoms with van der Waals surface area (Å²) < 4.78 is 5.83. The first kappa shape index (κ1) is 11.5. The van der Waals surface area contributed by atoms with Gasteiger partial charge in [0.25, 0.3) is 0 Å². The van der Waals surface area contributed by atoms with Crippen LogP contribution in [0.5, 0.6) is 0 Å². The van der Waals surface area contributed by atoms with E-state index in [1.807, 2.05) is 19.2 Å². The summed E-state index contributed by atoms with van der Waals surface area (Å²) >= 11 is 6.12. The second kappa shape index (κ2) is 4.48. The van der Waals surface area contributed by atoms with Crippen molar-refractivity contribution in [2.75, 3.05) is 7.05 Å². The number of hydrogen-bond donors (Lipinski definition) is 1. The summed E-state index contributed by atoms with van der Waals surface area (Å²) in [7, 11) is 1.94. The molecule has 1 unspecified atom stereocenters. The number of rotatable bonds is 3. The minimum Gasteiger partial charge on any atom is -0.458 e. The van der Waals surface area contributed by atoms with Crippen molar-refractivity contribution in [1.82, 2.24) is 5.32 Å². The standard InChI is InChI=1S/C13H16ClNO/c1-4-11(15-3)12-7-9-8(2)5-6-10(14)13(9)16-12/h5-7,11,15H,4H2,1-3H3. The van der Waals surface area contributed by atoms with Gasteiger partial charge in [-0.3, -0.25) is 0 Å². The summed E-state index contributed by atoms with van der Waals surface area (Å²) in [5, 5.41) is 5.02. The Kier molecular flexibility index (Phi) is 3.22. The molecule has 2 rings (SSSR count). The highest BCUT2D eigenvalue weighted by Gasteiger charge is 2.15. The van der Waals surface area contributed by atoms with Gasteiger partial charge in [0, 0.05) is 5.39 Å². The second-order valence-electron chi connectivity index (χ2n) is 4.01. The summed E-state index contributed by atoms with van der Waals surface area (Å²) in [6, 6.07) is 6.24. The number of benzene rings is 1. The van der Waals surface area contributed by atoms with Crippen molar-refractivity contribution in [2.24, 2.45) is 0 Å². The van der Waals surface area contributed by atoms with Gasteiger partial charge in [0.2, 0.25) is 0 Å². The zero-order valence-corrected chi connectivity index (χ0v) is 10.6. The predicted molar refractivity (Wildman–Crippen MR) is 68.1 cm³/mol. The Bertz CT molecular complexity index is 461. The van der Waals surface area contributed by atoms with Gasteiger partial charge in [-0.1, -0.05) is 24.6 Å². The fourth-order valence-corrected chi connectivity index (χ4v) is 2.17. The van der Waals surface area contributed by atoms with Crippen LogP contribution >= 0.6 is 11.6 Å². The lowest BCUT2D eigenvalue weighted by Gasteiger charge is -2.09. The first-order chi connectivity index (χ1) is 7.67. The number of furan rings is 1. The summed E-state index contributed by atoms with van der Waals surface area (Å²) in [4.78, 5) is 0. The largest absolute Gasteiger partial charge is 0.458 e. The maximum Gasteiger partial charge on any atom is 0.153 e. The lowest BCUT2D eigenvalue weighted by Crippen LogP contribution is -2.14. The van der Waals surface area contributed by atoms with Crippen LogP contribution < -0.4 is 5.32 Å². The molecule has 2 nitrogen and oxygen atoms in total. The molecular formula is C13H16ClNO. The van der Waals surface area contributed by atoms with E-state index in [1.165, 1.54) is 5.56 Å². The van der Waals surface area contributed by atoms with Crippen LogP contribution in [0, 0.1) is 6.92 Å². The molecule has 0 saturated heterocycles. The molecule has 0 aliphatic heterocycles. The Morgan fingerprint density at radius 2 is 2.19 bits per heavy atom. The van der Waals surface area contributed by atoms with Crippen molar-refractivity contribution in [3.05, 3.63) is 34.5 Å². The van der Waals surface area contributed by atoms with Crippen molar-refractivity contribution < 1.29 is 4.42 Å². The van der Waals surface area contributed by atoms with Gasteiger partial charge in [-0.25, -0.2) is 0 Å². The van der Waals surface area contributed by atoms with Gasteiger partial charge < -0.3 is 9.73 Å². The number of hydrogen-bond acceptors (Lipinski definition) is 2. The lowest BCUT2D eigenvalue weighted by molar-refractivity contribution is 0.444. The Morgan fingerprint density at radius 1 is 1.44 bits per heavy atom. The summed E-state index contributed by atoms with van der Waals surface area (Å²) in [6.07, 6.45) is 0.993. The van der Waals surface area contributed by atoms with E-state index in [9.17, 15) is 0 Å². The molecule has 16 heavy (non-hydrogen) atoms. The van der Waals surface area contributed by atoms with E-state index in [0.717, 1.165) is 23.2 Å². The van der Waals surface area contributed by atoms with Crippen LogP contribution in [-0.4, -0.2) is 7.05 Å². The minimum atomic E-state index is 0.253. The zero-order chi connectivity index (χ0) is 11.7. The van der Waals surface area contributed by atoms with Gasteiger partial charge in [-0.15, -0.1) is 0 Å². The van der Waals surface area contributed by atoms with Crippen molar-refractivity contribution in [3.8, 4) is 0 Å². The smallest absolute Gasteiger partial charge is 0.153 e. The van der Waals surface area contributed by atoms with E-state index < -0.39 is 0 Å². The molecule has 1 atom stereocenters. The monoisotopic (exact) mass is 237 g/mol. The van der Waals surface area contributed by atoms with E-state index in [0.29, 0.717) is 5.02 Å². The summed E-state index contributed by atoms with van der Waals surface area (Å²) in [6.45, 7) is 4.20. The molecule has 1 aromatic heterocycles. The van der Waals surface area contributed by atoms with Gasteiger partial charge in [0.1, 0.15) is 5.76 Å². The van der Waals surface area contributed by atoms with Crippen LogP contribution in [0.15, 0.2) is 22.6 Å². The Labute approximate surface area is 101 Å². The minimum absolute atomic E-state index is 0.253. The van der Waals surface area contributed by atoms with Crippen LogP contribution in [0.4, 0.5) is 0 Å². The zero-order valence-electron chi connectivity index (χ0n) is 9.80. The molecule has 2 aromatic rings. The highest BCUT2D eigenvalue weighted by Crippen LogP contribution is 2.32. The number of fused-ring (bicyclic) bond motifs is 1. The maximum atomic E-state index is 6.12. The molecule has 0 saturated carbocycles. The number of nitrogens with one attached hydrogen (secondary N) is 1. The van der Waals surface area contributed by atoms with E-state index in [4.69, 9.17) is 16.0 Å². The van der Waals surface area contributed by atoms with E-state index in [2.05, 4.69) is 25.2 Å². The molecule has 86 valence electrons. The molecule has 3 heteroatoms. The van der Waals surface area contributed by atoms with Crippen LogP contribution in [0.25, 0.3) is 11.0 Å². The SMILES string of the molecule is CCC(NC)c1cc2c(C)ccc(Cl)c2o1. The topological polar surface area (TPSA) is 25.2 Å². The van der Waals surface area contributed by atoms with Gasteiger partial charge in [-0.2, -0.15) is 0 Å². The third-order valence-electron chi connectivity index (χ3n) is 2.97. The highest BCUT2D eigenvalue weighted by molar-refractivity contribution is 6.34. The van der Waals surface area contributed by atoms with Crippen LogP contribution in [0.3, 0.4) is 0 Å².